The van der Waals surface area contributed by atoms with E-state index in [2.05, 4.69) is 0 Å². The quantitative estimate of drug-likeness (QED) is 0.352. The van der Waals surface area contributed by atoms with Gasteiger partial charge in [0, 0.05) is 16.6 Å². The number of hydrogen-bond acceptors (Lipinski definition) is 4. The van der Waals surface area contributed by atoms with E-state index in [1.54, 1.807) is 0 Å². The first-order valence-corrected chi connectivity index (χ1v) is 10.2. The van der Waals surface area contributed by atoms with Gasteiger partial charge in [0.05, 0.1) is 11.1 Å². The summed E-state index contributed by atoms with van der Waals surface area (Å²) in [7, 11) is 0. The van der Waals surface area contributed by atoms with Crippen LogP contribution in [0.4, 0.5) is 0 Å². The van der Waals surface area contributed by atoms with Gasteiger partial charge in [-0.05, 0) is 62.8 Å². The van der Waals surface area contributed by atoms with Crippen molar-refractivity contribution in [2.45, 2.75) is 46.0 Å². The van der Waals surface area contributed by atoms with Crippen molar-refractivity contribution in [2.24, 2.45) is 0 Å². The monoisotopic (exact) mass is 387 g/mol. The van der Waals surface area contributed by atoms with E-state index < -0.39 is 5.97 Å². The Balaban J connectivity index is 1.65. The first-order valence-electron chi connectivity index (χ1n) is 10.2. The molecule has 1 aromatic heterocycles. The van der Waals surface area contributed by atoms with Gasteiger partial charge in [-0.3, -0.25) is 9.78 Å². The third-order valence-corrected chi connectivity index (χ3v) is 5.65. The molecule has 0 fully saturated rings. The largest absolute Gasteiger partial charge is 0.454 e. The highest BCUT2D eigenvalue weighted by atomic mass is 16.5. The Morgan fingerprint density at radius 1 is 1.00 bits per heavy atom. The second kappa shape index (κ2) is 8.16. The summed E-state index contributed by atoms with van der Waals surface area (Å²) in [5, 5.41) is 0.803. The summed E-state index contributed by atoms with van der Waals surface area (Å²) in [4.78, 5) is 30.6. The third kappa shape index (κ3) is 3.93. The normalized spacial score (nSPS) is 13.6. The minimum atomic E-state index is -0.430. The summed E-state index contributed by atoms with van der Waals surface area (Å²) in [6.45, 7) is 3.58. The highest BCUT2D eigenvalue weighted by molar-refractivity contribution is 6.06. The smallest absolute Gasteiger partial charge is 0.339 e. The average Bonchev–Trinajstić information content (AvgIpc) is 2.96. The van der Waals surface area contributed by atoms with Crippen LogP contribution in [0.2, 0.25) is 0 Å². The number of fused-ring (bicyclic) bond motifs is 2. The minimum absolute atomic E-state index is 0.177. The number of esters is 1. The standard InChI is InChI=1S/C25H25NO3/c1-16-12-13-17(2)20(14-16)23(27)15-29-25(28)24-18-8-4-3-5-10-21(18)26-22-11-7-6-9-19(22)24/h6-7,9,11-14H,3-5,8,10,15H2,1-2H3. The fraction of sp³-hybridized carbons (Fsp3) is 0.320. The lowest BCUT2D eigenvalue weighted by Gasteiger charge is -2.15. The van der Waals surface area contributed by atoms with Crippen molar-refractivity contribution in [3.8, 4) is 0 Å². The molecule has 0 atom stereocenters. The van der Waals surface area contributed by atoms with Crippen LogP contribution in [-0.2, 0) is 17.6 Å². The Bertz CT molecular complexity index is 1100. The van der Waals surface area contributed by atoms with Gasteiger partial charge in [0.2, 0.25) is 5.78 Å². The zero-order chi connectivity index (χ0) is 20.4. The van der Waals surface area contributed by atoms with Crippen molar-refractivity contribution >= 4 is 22.7 Å². The maximum Gasteiger partial charge on any atom is 0.339 e. The SMILES string of the molecule is Cc1ccc(C)c(C(=O)COC(=O)c2c3c(nc4ccccc24)CCCCC3)c1. The predicted octanol–water partition coefficient (Wildman–Crippen LogP) is 5.16. The summed E-state index contributed by atoms with van der Waals surface area (Å²) in [6.07, 6.45) is 4.95. The lowest BCUT2D eigenvalue weighted by atomic mass is 9.97. The summed E-state index contributed by atoms with van der Waals surface area (Å²) in [5.41, 5.74) is 5.88. The van der Waals surface area contributed by atoms with Gasteiger partial charge in [0.1, 0.15) is 0 Å². The molecule has 0 unspecified atom stereocenters. The van der Waals surface area contributed by atoms with Crippen molar-refractivity contribution in [1.29, 1.82) is 0 Å². The molecule has 29 heavy (non-hydrogen) atoms. The number of rotatable bonds is 4. The molecule has 0 radical (unpaired) electrons. The van der Waals surface area contributed by atoms with Gasteiger partial charge < -0.3 is 4.74 Å². The summed E-state index contributed by atoms with van der Waals surface area (Å²) in [6, 6.07) is 13.4. The Kier molecular flexibility index (Phi) is 5.43. The fourth-order valence-electron chi connectivity index (χ4n) is 4.10. The highest BCUT2D eigenvalue weighted by Gasteiger charge is 2.23. The van der Waals surface area contributed by atoms with E-state index in [9.17, 15) is 9.59 Å². The second-order valence-electron chi connectivity index (χ2n) is 7.81. The lowest BCUT2D eigenvalue weighted by molar-refractivity contribution is 0.0475. The van der Waals surface area contributed by atoms with Crippen LogP contribution in [0.1, 0.15) is 62.4 Å². The molecule has 3 aromatic rings. The van der Waals surface area contributed by atoms with Crippen LogP contribution in [0.5, 0.6) is 0 Å². The molecule has 0 spiro atoms. The van der Waals surface area contributed by atoms with Crippen LogP contribution < -0.4 is 0 Å². The number of aryl methyl sites for hydroxylation is 3. The molecule has 0 saturated carbocycles. The molecule has 4 rings (SSSR count). The van der Waals surface area contributed by atoms with Crippen molar-refractivity contribution in [1.82, 2.24) is 4.98 Å². The number of hydrogen-bond donors (Lipinski definition) is 0. The van der Waals surface area contributed by atoms with Crippen LogP contribution in [0.3, 0.4) is 0 Å². The van der Waals surface area contributed by atoms with Crippen molar-refractivity contribution in [3.63, 3.8) is 0 Å². The molecule has 0 bridgehead atoms. The van der Waals surface area contributed by atoms with E-state index in [1.165, 1.54) is 0 Å². The van der Waals surface area contributed by atoms with E-state index in [0.717, 1.165) is 65.4 Å². The molecule has 1 aliphatic rings. The van der Waals surface area contributed by atoms with Gasteiger partial charge in [-0.25, -0.2) is 4.79 Å². The number of Topliss-reactive ketones (excluding diaryl/α,β-unsaturated/α-hetero) is 1. The summed E-state index contributed by atoms with van der Waals surface area (Å²) < 4.78 is 5.54. The van der Waals surface area contributed by atoms with Gasteiger partial charge in [0.25, 0.3) is 0 Å². The lowest BCUT2D eigenvalue weighted by Crippen LogP contribution is -2.18. The van der Waals surface area contributed by atoms with Crippen LogP contribution in [-0.4, -0.2) is 23.3 Å². The molecule has 1 heterocycles. The van der Waals surface area contributed by atoms with Gasteiger partial charge in [-0.15, -0.1) is 0 Å². The zero-order valence-corrected chi connectivity index (χ0v) is 17.0. The molecule has 0 saturated heterocycles. The summed E-state index contributed by atoms with van der Waals surface area (Å²) >= 11 is 0. The molecule has 148 valence electrons. The van der Waals surface area contributed by atoms with E-state index >= 15 is 0 Å². The molecular weight excluding hydrogens is 362 g/mol. The number of ether oxygens (including phenoxy) is 1. The Labute approximate surface area is 170 Å². The highest BCUT2D eigenvalue weighted by Crippen LogP contribution is 2.29. The van der Waals surface area contributed by atoms with E-state index in [4.69, 9.17) is 9.72 Å². The number of ketones is 1. The minimum Gasteiger partial charge on any atom is -0.454 e. The van der Waals surface area contributed by atoms with Gasteiger partial charge in [-0.1, -0.05) is 42.3 Å². The second-order valence-corrected chi connectivity index (χ2v) is 7.81. The van der Waals surface area contributed by atoms with Gasteiger partial charge >= 0.3 is 5.97 Å². The maximum absolute atomic E-state index is 13.1. The van der Waals surface area contributed by atoms with Crippen LogP contribution in [0.25, 0.3) is 10.9 Å². The number of benzene rings is 2. The van der Waals surface area contributed by atoms with Crippen molar-refractivity contribution in [2.75, 3.05) is 6.61 Å². The number of carbonyl (C=O) groups excluding carboxylic acids is 2. The molecule has 4 heteroatoms. The number of aromatic nitrogens is 1. The summed E-state index contributed by atoms with van der Waals surface area (Å²) in [5.74, 6) is -0.607. The number of nitrogens with zero attached hydrogens (tertiary/aromatic N) is 1. The Hall–Kier alpha value is -3.01. The molecule has 2 aromatic carbocycles. The number of carbonyl (C=O) groups is 2. The maximum atomic E-state index is 13.1. The van der Waals surface area contributed by atoms with Crippen LogP contribution in [0, 0.1) is 13.8 Å². The van der Waals surface area contributed by atoms with E-state index in [-0.39, 0.29) is 12.4 Å². The Morgan fingerprint density at radius 2 is 1.79 bits per heavy atom. The predicted molar refractivity (Wildman–Crippen MR) is 114 cm³/mol. The van der Waals surface area contributed by atoms with E-state index in [1.807, 2.05) is 56.3 Å². The van der Waals surface area contributed by atoms with Crippen LogP contribution >= 0.6 is 0 Å². The van der Waals surface area contributed by atoms with E-state index in [0.29, 0.717) is 11.1 Å². The number of pyridine rings is 1. The molecule has 0 aliphatic heterocycles. The fourth-order valence-corrected chi connectivity index (χ4v) is 4.10. The van der Waals surface area contributed by atoms with Crippen LogP contribution in [0.15, 0.2) is 42.5 Å². The first kappa shape index (κ1) is 19.3. The third-order valence-electron chi connectivity index (χ3n) is 5.65. The molecule has 0 amide bonds. The van der Waals surface area contributed by atoms with Gasteiger partial charge in [-0.2, -0.15) is 0 Å². The molecule has 0 N–H and O–H groups in total. The number of para-hydroxylation sites is 1. The molecule has 1 aliphatic carbocycles. The molecule has 4 nitrogen and oxygen atoms in total. The van der Waals surface area contributed by atoms with Crippen molar-refractivity contribution < 1.29 is 14.3 Å². The zero-order valence-electron chi connectivity index (χ0n) is 17.0. The Morgan fingerprint density at radius 3 is 2.66 bits per heavy atom. The topological polar surface area (TPSA) is 56.3 Å². The van der Waals surface area contributed by atoms with Crippen molar-refractivity contribution in [3.05, 3.63) is 76.0 Å². The first-order chi connectivity index (χ1) is 14.0. The molecular formula is C25H25NO3. The average molecular weight is 387 g/mol. The van der Waals surface area contributed by atoms with Gasteiger partial charge in [0.15, 0.2) is 6.61 Å².